The third-order valence-electron chi connectivity index (χ3n) is 2.69. The van der Waals surface area contributed by atoms with Gasteiger partial charge < -0.3 is 10.6 Å². The number of nitrogens with zero attached hydrogens (tertiary/aromatic N) is 2. The van der Waals surface area contributed by atoms with E-state index in [-0.39, 0.29) is 5.82 Å². The van der Waals surface area contributed by atoms with Crippen LogP contribution in [0, 0.1) is 17.1 Å². The van der Waals surface area contributed by atoms with Crippen molar-refractivity contribution in [2.75, 3.05) is 18.5 Å². The monoisotopic (exact) mass is 235 g/mol. The number of halogens is 1. The molecule has 1 aromatic rings. The molecule has 4 heteroatoms. The number of rotatable bonds is 5. The van der Waals surface area contributed by atoms with Crippen LogP contribution in [0.3, 0.4) is 0 Å². The SMILES string of the molecule is CN(CCCC(C)(N)C#N)c1cccc(F)c1. The van der Waals surface area contributed by atoms with Crippen LogP contribution in [0.5, 0.6) is 0 Å². The molecule has 0 amide bonds. The van der Waals surface area contributed by atoms with E-state index in [1.165, 1.54) is 12.1 Å². The lowest BCUT2D eigenvalue weighted by molar-refractivity contribution is 0.522. The Morgan fingerprint density at radius 2 is 2.24 bits per heavy atom. The van der Waals surface area contributed by atoms with Crippen molar-refractivity contribution >= 4 is 5.69 Å². The first-order valence-electron chi connectivity index (χ1n) is 5.61. The van der Waals surface area contributed by atoms with E-state index in [9.17, 15) is 4.39 Å². The Hall–Kier alpha value is -1.60. The standard InChI is InChI=1S/C13H18FN3/c1-13(16,10-15)7-4-8-17(2)12-6-3-5-11(14)9-12/h3,5-6,9H,4,7-8,16H2,1-2H3. The van der Waals surface area contributed by atoms with E-state index >= 15 is 0 Å². The highest BCUT2D eigenvalue weighted by Crippen LogP contribution is 2.15. The maximum absolute atomic E-state index is 13.0. The van der Waals surface area contributed by atoms with Gasteiger partial charge in [0.15, 0.2) is 0 Å². The minimum Gasteiger partial charge on any atom is -0.375 e. The first kappa shape index (κ1) is 13.5. The van der Waals surface area contributed by atoms with Gasteiger partial charge in [-0.25, -0.2) is 4.39 Å². The molecule has 3 nitrogen and oxygen atoms in total. The highest BCUT2D eigenvalue weighted by Gasteiger charge is 2.16. The van der Waals surface area contributed by atoms with Crippen LogP contribution in [-0.2, 0) is 0 Å². The van der Waals surface area contributed by atoms with Gasteiger partial charge in [-0.15, -0.1) is 0 Å². The summed E-state index contributed by atoms with van der Waals surface area (Å²) in [5, 5.41) is 8.77. The van der Waals surface area contributed by atoms with E-state index in [4.69, 9.17) is 11.0 Å². The number of anilines is 1. The van der Waals surface area contributed by atoms with Gasteiger partial charge in [-0.2, -0.15) is 5.26 Å². The second-order valence-electron chi connectivity index (χ2n) is 4.53. The van der Waals surface area contributed by atoms with Gasteiger partial charge in [-0.3, -0.25) is 0 Å². The van der Waals surface area contributed by atoms with E-state index in [0.29, 0.717) is 6.42 Å². The Labute approximate surface area is 102 Å². The van der Waals surface area contributed by atoms with Crippen LogP contribution in [-0.4, -0.2) is 19.1 Å². The van der Waals surface area contributed by atoms with E-state index in [1.54, 1.807) is 13.0 Å². The van der Waals surface area contributed by atoms with Crippen LogP contribution in [0.25, 0.3) is 0 Å². The number of nitriles is 1. The summed E-state index contributed by atoms with van der Waals surface area (Å²) in [4.78, 5) is 1.95. The van der Waals surface area contributed by atoms with Crippen LogP contribution in [0.15, 0.2) is 24.3 Å². The van der Waals surface area contributed by atoms with Crippen molar-refractivity contribution in [3.8, 4) is 6.07 Å². The molecular formula is C13H18FN3. The highest BCUT2D eigenvalue weighted by atomic mass is 19.1. The van der Waals surface area contributed by atoms with Crippen molar-refractivity contribution in [3.05, 3.63) is 30.1 Å². The molecule has 0 aromatic heterocycles. The van der Waals surface area contributed by atoms with Crippen molar-refractivity contribution in [1.29, 1.82) is 5.26 Å². The van der Waals surface area contributed by atoms with Crippen LogP contribution < -0.4 is 10.6 Å². The molecule has 92 valence electrons. The molecule has 0 radical (unpaired) electrons. The second kappa shape index (κ2) is 5.65. The third-order valence-corrected chi connectivity index (χ3v) is 2.69. The van der Waals surface area contributed by atoms with Gasteiger partial charge in [0.1, 0.15) is 11.4 Å². The largest absolute Gasteiger partial charge is 0.375 e. The maximum Gasteiger partial charge on any atom is 0.125 e. The first-order valence-corrected chi connectivity index (χ1v) is 5.61. The zero-order valence-corrected chi connectivity index (χ0v) is 10.3. The van der Waals surface area contributed by atoms with Crippen molar-refractivity contribution in [3.63, 3.8) is 0 Å². The first-order chi connectivity index (χ1) is 7.94. The van der Waals surface area contributed by atoms with Gasteiger partial charge in [-0.05, 0) is 38.0 Å². The lowest BCUT2D eigenvalue weighted by atomic mass is 9.99. The molecule has 0 heterocycles. The van der Waals surface area contributed by atoms with Crippen molar-refractivity contribution in [2.45, 2.75) is 25.3 Å². The molecule has 1 aromatic carbocycles. The molecule has 0 saturated carbocycles. The van der Waals surface area contributed by atoms with Crippen molar-refractivity contribution in [2.24, 2.45) is 5.73 Å². The molecule has 0 bridgehead atoms. The second-order valence-corrected chi connectivity index (χ2v) is 4.53. The fourth-order valence-electron chi connectivity index (χ4n) is 1.58. The molecule has 2 N–H and O–H groups in total. The number of hydrogen-bond donors (Lipinski definition) is 1. The zero-order valence-electron chi connectivity index (χ0n) is 10.3. The van der Waals surface area contributed by atoms with Gasteiger partial charge in [0.05, 0.1) is 6.07 Å². The molecule has 0 saturated heterocycles. The van der Waals surface area contributed by atoms with E-state index in [1.807, 2.05) is 18.0 Å². The van der Waals surface area contributed by atoms with E-state index < -0.39 is 5.54 Å². The fraction of sp³-hybridized carbons (Fsp3) is 0.462. The zero-order chi connectivity index (χ0) is 12.9. The molecule has 1 atom stereocenters. The highest BCUT2D eigenvalue weighted by molar-refractivity contribution is 5.45. The maximum atomic E-state index is 13.0. The average molecular weight is 235 g/mol. The molecular weight excluding hydrogens is 217 g/mol. The molecule has 1 unspecified atom stereocenters. The van der Waals surface area contributed by atoms with Gasteiger partial charge in [0, 0.05) is 19.3 Å². The molecule has 0 aliphatic heterocycles. The molecule has 1 rings (SSSR count). The Morgan fingerprint density at radius 1 is 1.53 bits per heavy atom. The number of hydrogen-bond acceptors (Lipinski definition) is 3. The smallest absolute Gasteiger partial charge is 0.125 e. The summed E-state index contributed by atoms with van der Waals surface area (Å²) >= 11 is 0. The lowest BCUT2D eigenvalue weighted by Gasteiger charge is -2.21. The minimum absolute atomic E-state index is 0.241. The number of benzene rings is 1. The van der Waals surface area contributed by atoms with Crippen LogP contribution in [0.2, 0.25) is 0 Å². The Kier molecular flexibility index (Phi) is 4.47. The molecule has 0 spiro atoms. The summed E-state index contributed by atoms with van der Waals surface area (Å²) in [5.74, 6) is -0.241. The van der Waals surface area contributed by atoms with Crippen LogP contribution in [0.1, 0.15) is 19.8 Å². The van der Waals surface area contributed by atoms with Crippen molar-refractivity contribution < 1.29 is 4.39 Å². The average Bonchev–Trinajstić information content (AvgIpc) is 2.28. The topological polar surface area (TPSA) is 53.0 Å². The van der Waals surface area contributed by atoms with Crippen molar-refractivity contribution in [1.82, 2.24) is 0 Å². The van der Waals surface area contributed by atoms with Gasteiger partial charge in [-0.1, -0.05) is 6.07 Å². The van der Waals surface area contributed by atoms with E-state index in [0.717, 1.165) is 18.7 Å². The molecule has 17 heavy (non-hydrogen) atoms. The summed E-state index contributed by atoms with van der Waals surface area (Å²) in [7, 11) is 1.90. The fourth-order valence-corrected chi connectivity index (χ4v) is 1.58. The van der Waals surface area contributed by atoms with Crippen LogP contribution >= 0.6 is 0 Å². The summed E-state index contributed by atoms with van der Waals surface area (Å²) in [6.07, 6.45) is 1.43. The normalized spacial score (nSPS) is 13.8. The Morgan fingerprint density at radius 3 is 2.82 bits per heavy atom. The Balaban J connectivity index is 2.46. The van der Waals surface area contributed by atoms with Gasteiger partial charge in [0.25, 0.3) is 0 Å². The van der Waals surface area contributed by atoms with Crippen LogP contribution in [0.4, 0.5) is 10.1 Å². The summed E-state index contributed by atoms with van der Waals surface area (Å²) < 4.78 is 13.0. The molecule has 0 fully saturated rings. The summed E-state index contributed by atoms with van der Waals surface area (Å²) in [5.41, 5.74) is 5.78. The molecule has 0 aliphatic rings. The summed E-state index contributed by atoms with van der Waals surface area (Å²) in [6, 6.07) is 8.52. The molecule has 0 aliphatic carbocycles. The summed E-state index contributed by atoms with van der Waals surface area (Å²) in [6.45, 7) is 2.47. The third kappa shape index (κ3) is 4.41. The van der Waals surface area contributed by atoms with Gasteiger partial charge >= 0.3 is 0 Å². The predicted octanol–water partition coefficient (Wildman–Crippen LogP) is 2.28. The predicted molar refractivity (Wildman–Crippen MR) is 67.1 cm³/mol. The Bertz CT molecular complexity index is 409. The number of nitrogens with two attached hydrogens (primary N) is 1. The minimum atomic E-state index is -0.775. The lowest BCUT2D eigenvalue weighted by Crippen LogP contribution is -2.35. The quantitative estimate of drug-likeness (QED) is 0.851. The van der Waals surface area contributed by atoms with Gasteiger partial charge in [0.2, 0.25) is 0 Å². The van der Waals surface area contributed by atoms with E-state index in [2.05, 4.69) is 6.07 Å².